The summed E-state index contributed by atoms with van der Waals surface area (Å²) in [5.41, 5.74) is -0.0516. The number of halogens is 4. The highest BCUT2D eigenvalue weighted by Gasteiger charge is 2.33. The Bertz CT molecular complexity index is 780. The monoisotopic (exact) mass is 297 g/mol. The number of pyridine rings is 1. The molecule has 0 bridgehead atoms. The molecular weight excluding hydrogens is 291 g/mol. The second-order valence-electron chi connectivity index (χ2n) is 4.16. The van der Waals surface area contributed by atoms with E-state index in [1.165, 1.54) is 12.3 Å². The topological polar surface area (TPSA) is 41.6 Å². The molecule has 0 spiro atoms. The van der Waals surface area contributed by atoms with Crippen LogP contribution in [-0.2, 0) is 6.18 Å². The van der Waals surface area contributed by atoms with E-state index in [9.17, 15) is 13.2 Å². The molecule has 7 heteroatoms. The molecule has 0 unspecified atom stereocenters. The van der Waals surface area contributed by atoms with Crippen LogP contribution in [-0.4, -0.2) is 15.2 Å². The van der Waals surface area contributed by atoms with Gasteiger partial charge in [-0.25, -0.2) is 0 Å². The number of rotatable bonds is 1. The molecule has 0 radical (unpaired) electrons. The number of hydrogen-bond acceptors (Lipinski definition) is 2. The second-order valence-corrected chi connectivity index (χ2v) is 4.59. The third kappa shape index (κ3) is 2.12. The first-order valence-corrected chi connectivity index (χ1v) is 6.01. The lowest BCUT2D eigenvalue weighted by Crippen LogP contribution is -2.05. The third-order valence-corrected chi connectivity index (χ3v) is 3.10. The Morgan fingerprint density at radius 2 is 1.95 bits per heavy atom. The number of benzene rings is 1. The van der Waals surface area contributed by atoms with E-state index in [-0.39, 0.29) is 5.52 Å². The largest absolute Gasteiger partial charge is 0.418 e. The normalized spacial score (nSPS) is 12.0. The van der Waals surface area contributed by atoms with Crippen LogP contribution >= 0.6 is 11.6 Å². The van der Waals surface area contributed by atoms with Crippen LogP contribution in [0.4, 0.5) is 13.2 Å². The fraction of sp³-hybridized carbons (Fsp3) is 0.0769. The Hall–Kier alpha value is -2.08. The highest BCUT2D eigenvalue weighted by molar-refractivity contribution is 6.30. The number of alkyl halides is 3. The molecule has 0 aliphatic carbocycles. The van der Waals surface area contributed by atoms with Crippen molar-refractivity contribution in [3.05, 3.63) is 47.1 Å². The molecule has 2 aromatic heterocycles. The van der Waals surface area contributed by atoms with Crippen LogP contribution in [0.25, 0.3) is 22.3 Å². The van der Waals surface area contributed by atoms with Crippen LogP contribution < -0.4 is 0 Å². The van der Waals surface area contributed by atoms with E-state index < -0.39 is 11.7 Å². The molecule has 0 fully saturated rings. The van der Waals surface area contributed by atoms with Gasteiger partial charge < -0.3 is 0 Å². The molecule has 0 aliphatic rings. The molecule has 3 aromatic rings. The molecule has 1 aromatic carbocycles. The van der Waals surface area contributed by atoms with Crippen molar-refractivity contribution in [2.24, 2.45) is 0 Å². The van der Waals surface area contributed by atoms with Crippen molar-refractivity contribution < 1.29 is 13.2 Å². The molecule has 20 heavy (non-hydrogen) atoms. The molecule has 3 rings (SSSR count). The van der Waals surface area contributed by atoms with Crippen LogP contribution in [0, 0.1) is 0 Å². The average Bonchev–Trinajstić information content (AvgIpc) is 2.81. The van der Waals surface area contributed by atoms with Gasteiger partial charge in [-0.15, -0.1) is 0 Å². The number of H-pyrrole nitrogens is 1. The third-order valence-electron chi connectivity index (χ3n) is 2.87. The average molecular weight is 298 g/mol. The minimum atomic E-state index is -4.44. The summed E-state index contributed by atoms with van der Waals surface area (Å²) in [6, 6.07) is 7.05. The summed E-state index contributed by atoms with van der Waals surface area (Å²) in [5, 5.41) is 7.16. The first kappa shape index (κ1) is 12.9. The predicted molar refractivity (Wildman–Crippen MR) is 69.3 cm³/mol. The van der Waals surface area contributed by atoms with E-state index in [0.717, 1.165) is 6.07 Å². The Morgan fingerprint density at radius 3 is 2.65 bits per heavy atom. The van der Waals surface area contributed by atoms with Crippen molar-refractivity contribution in [3.8, 4) is 11.4 Å². The second kappa shape index (κ2) is 4.49. The number of nitrogens with zero attached hydrogens (tertiary/aromatic N) is 2. The lowest BCUT2D eigenvalue weighted by molar-refractivity contribution is -0.136. The summed E-state index contributed by atoms with van der Waals surface area (Å²) in [7, 11) is 0. The van der Waals surface area contributed by atoms with E-state index in [0.29, 0.717) is 21.8 Å². The van der Waals surface area contributed by atoms with E-state index in [1.807, 2.05) is 0 Å². The van der Waals surface area contributed by atoms with Crippen LogP contribution in [0.2, 0.25) is 5.02 Å². The van der Waals surface area contributed by atoms with Gasteiger partial charge in [0.1, 0.15) is 5.69 Å². The summed E-state index contributed by atoms with van der Waals surface area (Å²) in [6.07, 6.45) is -2.96. The Balaban J connectivity index is 2.25. The Kier molecular flexibility index (Phi) is 2.90. The minimum absolute atomic E-state index is 0.0585. The van der Waals surface area contributed by atoms with Crippen LogP contribution in [0.3, 0.4) is 0 Å². The SMILES string of the molecule is FC(F)(F)c1cccc2c(-c3cc(Cl)ccn3)n[nH]c12. The molecule has 0 saturated heterocycles. The number of para-hydroxylation sites is 1. The highest BCUT2D eigenvalue weighted by Crippen LogP contribution is 2.36. The van der Waals surface area contributed by atoms with Gasteiger partial charge in [-0.1, -0.05) is 23.7 Å². The molecule has 2 heterocycles. The fourth-order valence-corrected chi connectivity index (χ4v) is 2.17. The van der Waals surface area contributed by atoms with Crippen molar-refractivity contribution in [3.63, 3.8) is 0 Å². The standard InChI is InChI=1S/C13H7ClF3N3/c14-7-4-5-18-10(6-7)12-8-2-1-3-9(13(15,16)17)11(8)19-20-12/h1-6H,(H,19,20). The molecule has 1 N–H and O–H groups in total. The zero-order valence-corrected chi connectivity index (χ0v) is 10.6. The van der Waals surface area contributed by atoms with Gasteiger partial charge in [-0.05, 0) is 18.2 Å². The van der Waals surface area contributed by atoms with Crippen molar-refractivity contribution in [2.75, 3.05) is 0 Å². The van der Waals surface area contributed by atoms with Gasteiger partial charge in [0.25, 0.3) is 0 Å². The van der Waals surface area contributed by atoms with Gasteiger partial charge in [0.05, 0.1) is 16.8 Å². The first-order chi connectivity index (χ1) is 9.47. The lowest BCUT2D eigenvalue weighted by atomic mass is 10.1. The summed E-state index contributed by atoms with van der Waals surface area (Å²) < 4.78 is 38.7. The summed E-state index contributed by atoms with van der Waals surface area (Å²) in [6.45, 7) is 0. The number of nitrogens with one attached hydrogen (secondary N) is 1. The highest BCUT2D eigenvalue weighted by atomic mass is 35.5. The summed E-state index contributed by atoms with van der Waals surface area (Å²) in [4.78, 5) is 4.08. The predicted octanol–water partition coefficient (Wildman–Crippen LogP) is 4.30. The van der Waals surface area contributed by atoms with Gasteiger partial charge in [0.15, 0.2) is 0 Å². The van der Waals surface area contributed by atoms with Gasteiger partial charge >= 0.3 is 6.18 Å². The van der Waals surface area contributed by atoms with Crippen LogP contribution in [0.5, 0.6) is 0 Å². The molecule has 3 nitrogen and oxygen atoms in total. The Morgan fingerprint density at radius 1 is 1.15 bits per heavy atom. The number of aromatic nitrogens is 3. The number of aromatic amines is 1. The number of fused-ring (bicyclic) bond motifs is 1. The van der Waals surface area contributed by atoms with Gasteiger partial charge in [-0.3, -0.25) is 10.1 Å². The zero-order valence-electron chi connectivity index (χ0n) is 9.87. The van der Waals surface area contributed by atoms with E-state index in [1.54, 1.807) is 18.2 Å². The van der Waals surface area contributed by atoms with E-state index in [4.69, 9.17) is 11.6 Å². The maximum absolute atomic E-state index is 12.9. The molecule has 0 saturated carbocycles. The number of hydrogen-bond donors (Lipinski definition) is 1. The Labute approximate surface area is 116 Å². The van der Waals surface area contributed by atoms with Gasteiger partial charge in [-0.2, -0.15) is 18.3 Å². The van der Waals surface area contributed by atoms with Crippen molar-refractivity contribution >= 4 is 22.5 Å². The first-order valence-electron chi connectivity index (χ1n) is 5.63. The van der Waals surface area contributed by atoms with Crippen molar-refractivity contribution in [2.45, 2.75) is 6.18 Å². The maximum atomic E-state index is 12.9. The van der Waals surface area contributed by atoms with Gasteiger partial charge in [0.2, 0.25) is 0 Å². The quantitative estimate of drug-likeness (QED) is 0.727. The lowest BCUT2D eigenvalue weighted by Gasteiger charge is -2.07. The molecule has 0 aliphatic heterocycles. The smallest absolute Gasteiger partial charge is 0.277 e. The van der Waals surface area contributed by atoms with Crippen molar-refractivity contribution in [1.82, 2.24) is 15.2 Å². The van der Waals surface area contributed by atoms with Crippen LogP contribution in [0.15, 0.2) is 36.5 Å². The minimum Gasteiger partial charge on any atom is -0.277 e. The molecule has 0 amide bonds. The van der Waals surface area contributed by atoms with Crippen molar-refractivity contribution in [1.29, 1.82) is 0 Å². The zero-order chi connectivity index (χ0) is 14.3. The van der Waals surface area contributed by atoms with E-state index >= 15 is 0 Å². The summed E-state index contributed by atoms with van der Waals surface area (Å²) in [5.74, 6) is 0. The van der Waals surface area contributed by atoms with Crippen LogP contribution in [0.1, 0.15) is 5.56 Å². The van der Waals surface area contributed by atoms with E-state index in [2.05, 4.69) is 15.2 Å². The summed E-state index contributed by atoms with van der Waals surface area (Å²) >= 11 is 5.86. The fourth-order valence-electron chi connectivity index (χ4n) is 2.01. The molecule has 0 atom stereocenters. The maximum Gasteiger partial charge on any atom is 0.418 e. The van der Waals surface area contributed by atoms with Gasteiger partial charge in [0, 0.05) is 16.6 Å². The molecular formula is C13H7ClF3N3. The molecule has 102 valence electrons.